The number of pyridine rings is 1. The Balaban J connectivity index is 2.19. The van der Waals surface area contributed by atoms with Gasteiger partial charge in [0.25, 0.3) is 0 Å². The van der Waals surface area contributed by atoms with Gasteiger partial charge in [0.15, 0.2) is 0 Å². The average molecular weight is 258 g/mol. The van der Waals surface area contributed by atoms with E-state index in [-0.39, 0.29) is 0 Å². The first kappa shape index (κ1) is 13.6. The van der Waals surface area contributed by atoms with Gasteiger partial charge in [-0.3, -0.25) is 4.98 Å². The molecule has 1 aromatic heterocycles. The SMILES string of the molecule is CC(CCN(C)C)Nc1ccc(N)c2cccnc12. The lowest BCUT2D eigenvalue weighted by atomic mass is 10.1. The fourth-order valence-corrected chi connectivity index (χ4v) is 2.10. The fraction of sp³-hybridized carbons (Fsp3) is 0.400. The number of hydrogen-bond donors (Lipinski definition) is 2. The van der Waals surface area contributed by atoms with E-state index in [0.29, 0.717) is 6.04 Å². The van der Waals surface area contributed by atoms with Crippen LogP contribution >= 0.6 is 0 Å². The van der Waals surface area contributed by atoms with Crippen molar-refractivity contribution < 1.29 is 0 Å². The van der Waals surface area contributed by atoms with Crippen LogP contribution in [0.5, 0.6) is 0 Å². The molecule has 19 heavy (non-hydrogen) atoms. The maximum absolute atomic E-state index is 5.98. The molecule has 1 heterocycles. The van der Waals surface area contributed by atoms with E-state index in [1.165, 1.54) is 0 Å². The van der Waals surface area contributed by atoms with Gasteiger partial charge in [-0.05, 0) is 58.3 Å². The summed E-state index contributed by atoms with van der Waals surface area (Å²) in [5.41, 5.74) is 8.75. The van der Waals surface area contributed by atoms with E-state index in [0.717, 1.165) is 35.2 Å². The molecule has 0 radical (unpaired) electrons. The number of nitrogen functional groups attached to an aromatic ring is 1. The number of rotatable bonds is 5. The maximum atomic E-state index is 5.98. The summed E-state index contributed by atoms with van der Waals surface area (Å²) < 4.78 is 0. The fourth-order valence-electron chi connectivity index (χ4n) is 2.10. The Morgan fingerprint density at radius 3 is 2.84 bits per heavy atom. The summed E-state index contributed by atoms with van der Waals surface area (Å²) in [4.78, 5) is 6.63. The zero-order valence-corrected chi connectivity index (χ0v) is 11.9. The predicted molar refractivity (Wildman–Crippen MR) is 82.4 cm³/mol. The Bertz CT molecular complexity index is 551. The van der Waals surface area contributed by atoms with Crippen LogP contribution in [0.2, 0.25) is 0 Å². The lowest BCUT2D eigenvalue weighted by Crippen LogP contribution is -2.23. The maximum Gasteiger partial charge on any atom is 0.0953 e. The molecule has 0 saturated carbocycles. The summed E-state index contributed by atoms with van der Waals surface area (Å²) in [6.45, 7) is 3.25. The molecule has 0 aliphatic carbocycles. The van der Waals surface area contributed by atoms with Gasteiger partial charge < -0.3 is 16.0 Å². The van der Waals surface area contributed by atoms with Crippen LogP contribution in [0.15, 0.2) is 30.5 Å². The first-order valence-electron chi connectivity index (χ1n) is 6.62. The van der Waals surface area contributed by atoms with Crippen molar-refractivity contribution in [2.45, 2.75) is 19.4 Å². The van der Waals surface area contributed by atoms with Gasteiger partial charge in [0.1, 0.15) is 0 Å². The molecule has 1 atom stereocenters. The third-order valence-electron chi connectivity index (χ3n) is 3.21. The quantitative estimate of drug-likeness (QED) is 0.809. The van der Waals surface area contributed by atoms with E-state index in [4.69, 9.17) is 5.73 Å². The third-order valence-corrected chi connectivity index (χ3v) is 3.21. The zero-order chi connectivity index (χ0) is 13.8. The molecule has 3 N–H and O–H groups in total. The predicted octanol–water partition coefficient (Wildman–Crippen LogP) is 2.57. The first-order chi connectivity index (χ1) is 9.08. The molecule has 0 amide bonds. The number of benzene rings is 1. The number of nitrogens with two attached hydrogens (primary N) is 1. The second-order valence-electron chi connectivity index (χ2n) is 5.24. The Hall–Kier alpha value is -1.81. The molecule has 0 fully saturated rings. The van der Waals surface area contributed by atoms with Gasteiger partial charge in [0.05, 0.1) is 11.2 Å². The minimum Gasteiger partial charge on any atom is -0.398 e. The van der Waals surface area contributed by atoms with Crippen molar-refractivity contribution in [1.82, 2.24) is 9.88 Å². The molecule has 2 aromatic rings. The molecule has 1 unspecified atom stereocenters. The molecule has 0 saturated heterocycles. The molecule has 0 bridgehead atoms. The van der Waals surface area contributed by atoms with Crippen molar-refractivity contribution in [2.24, 2.45) is 0 Å². The highest BCUT2D eigenvalue weighted by molar-refractivity contribution is 5.98. The van der Waals surface area contributed by atoms with E-state index < -0.39 is 0 Å². The summed E-state index contributed by atoms with van der Waals surface area (Å²) in [6.07, 6.45) is 2.89. The molecule has 0 aliphatic rings. The second-order valence-corrected chi connectivity index (χ2v) is 5.24. The Kier molecular flexibility index (Phi) is 4.22. The highest BCUT2D eigenvalue weighted by Crippen LogP contribution is 2.26. The van der Waals surface area contributed by atoms with Crippen LogP contribution in [0.4, 0.5) is 11.4 Å². The van der Waals surface area contributed by atoms with Crippen molar-refractivity contribution in [2.75, 3.05) is 31.7 Å². The van der Waals surface area contributed by atoms with Crippen molar-refractivity contribution >= 4 is 22.3 Å². The van der Waals surface area contributed by atoms with Crippen molar-refractivity contribution in [3.8, 4) is 0 Å². The number of anilines is 2. The van der Waals surface area contributed by atoms with Gasteiger partial charge in [0, 0.05) is 23.3 Å². The standard InChI is InChI=1S/C15H22N4/c1-11(8-10-19(2)3)18-14-7-6-13(16)12-5-4-9-17-15(12)14/h4-7,9,11,18H,8,10,16H2,1-3H3. The van der Waals surface area contributed by atoms with Gasteiger partial charge in [-0.1, -0.05) is 0 Å². The Morgan fingerprint density at radius 2 is 2.11 bits per heavy atom. The van der Waals surface area contributed by atoms with Crippen LogP contribution in [0.25, 0.3) is 10.9 Å². The summed E-state index contributed by atoms with van der Waals surface area (Å²) >= 11 is 0. The third kappa shape index (κ3) is 3.35. The molecular formula is C15H22N4. The highest BCUT2D eigenvalue weighted by Gasteiger charge is 2.08. The van der Waals surface area contributed by atoms with Crippen molar-refractivity contribution in [3.05, 3.63) is 30.5 Å². The number of aromatic nitrogens is 1. The van der Waals surface area contributed by atoms with E-state index in [9.17, 15) is 0 Å². The molecule has 0 spiro atoms. The normalized spacial score (nSPS) is 12.8. The average Bonchev–Trinajstić information content (AvgIpc) is 2.40. The number of nitrogens with one attached hydrogen (secondary N) is 1. The Labute approximate surface area is 114 Å². The van der Waals surface area contributed by atoms with E-state index in [1.807, 2.05) is 24.3 Å². The molecule has 102 valence electrons. The van der Waals surface area contributed by atoms with Crippen LogP contribution < -0.4 is 11.1 Å². The Morgan fingerprint density at radius 1 is 1.32 bits per heavy atom. The monoisotopic (exact) mass is 258 g/mol. The van der Waals surface area contributed by atoms with Crippen LogP contribution in [-0.2, 0) is 0 Å². The molecule has 2 rings (SSSR count). The molecule has 0 aliphatic heterocycles. The van der Waals surface area contributed by atoms with Crippen LogP contribution in [0.1, 0.15) is 13.3 Å². The van der Waals surface area contributed by atoms with Gasteiger partial charge >= 0.3 is 0 Å². The summed E-state index contributed by atoms with van der Waals surface area (Å²) in [7, 11) is 4.18. The van der Waals surface area contributed by atoms with Gasteiger partial charge in [-0.2, -0.15) is 0 Å². The molecule has 1 aromatic carbocycles. The molecular weight excluding hydrogens is 236 g/mol. The van der Waals surface area contributed by atoms with E-state index >= 15 is 0 Å². The van der Waals surface area contributed by atoms with Crippen molar-refractivity contribution in [3.63, 3.8) is 0 Å². The number of nitrogens with zero attached hydrogens (tertiary/aromatic N) is 2. The number of hydrogen-bond acceptors (Lipinski definition) is 4. The lowest BCUT2D eigenvalue weighted by Gasteiger charge is -2.19. The lowest BCUT2D eigenvalue weighted by molar-refractivity contribution is 0.390. The highest BCUT2D eigenvalue weighted by atomic mass is 15.1. The minimum absolute atomic E-state index is 0.399. The molecule has 4 heteroatoms. The summed E-state index contributed by atoms with van der Waals surface area (Å²) in [5.74, 6) is 0. The van der Waals surface area contributed by atoms with Gasteiger partial charge in [-0.15, -0.1) is 0 Å². The van der Waals surface area contributed by atoms with Crippen LogP contribution in [-0.4, -0.2) is 36.6 Å². The zero-order valence-electron chi connectivity index (χ0n) is 11.9. The van der Waals surface area contributed by atoms with Crippen LogP contribution in [0, 0.1) is 0 Å². The van der Waals surface area contributed by atoms with E-state index in [1.54, 1.807) is 6.20 Å². The first-order valence-corrected chi connectivity index (χ1v) is 6.62. The summed E-state index contributed by atoms with van der Waals surface area (Å²) in [5, 5.41) is 4.53. The minimum atomic E-state index is 0.399. The van der Waals surface area contributed by atoms with Gasteiger partial charge in [0.2, 0.25) is 0 Å². The smallest absolute Gasteiger partial charge is 0.0953 e. The second kappa shape index (κ2) is 5.89. The topological polar surface area (TPSA) is 54.2 Å². The number of fused-ring (bicyclic) bond motifs is 1. The van der Waals surface area contributed by atoms with Gasteiger partial charge in [-0.25, -0.2) is 0 Å². The van der Waals surface area contributed by atoms with Crippen LogP contribution in [0.3, 0.4) is 0 Å². The summed E-state index contributed by atoms with van der Waals surface area (Å²) in [6, 6.07) is 8.27. The van der Waals surface area contributed by atoms with E-state index in [2.05, 4.69) is 36.2 Å². The molecule has 4 nitrogen and oxygen atoms in total. The van der Waals surface area contributed by atoms with Crippen molar-refractivity contribution in [1.29, 1.82) is 0 Å². The largest absolute Gasteiger partial charge is 0.398 e.